The number of hydrogen-bond acceptors (Lipinski definition) is 9. The van der Waals surface area contributed by atoms with E-state index in [4.69, 9.17) is 16.6 Å². The van der Waals surface area contributed by atoms with Gasteiger partial charge in [0.15, 0.2) is 0 Å². The number of thioether (sulfide) groups is 1. The van der Waals surface area contributed by atoms with Crippen LogP contribution in [0.15, 0.2) is 0 Å². The second kappa shape index (κ2) is 15.0. The molecule has 0 aromatic rings. The van der Waals surface area contributed by atoms with E-state index in [1.165, 1.54) is 18.7 Å². The lowest BCUT2D eigenvalue weighted by molar-refractivity contribution is -0.144. The van der Waals surface area contributed by atoms with Gasteiger partial charge < -0.3 is 42.7 Å². The zero-order chi connectivity index (χ0) is 25.7. The predicted octanol–water partition coefficient (Wildman–Crippen LogP) is -3.27. The molecule has 0 aromatic carbocycles. The van der Waals surface area contributed by atoms with Crippen LogP contribution in [-0.4, -0.2) is 93.2 Å². The SMILES string of the molecule is CSCCC(NC(=O)C(N)CC(N)=O)C(=O)NC(C(=O)NC(CCC(=O)O)C(=O)O)C(C)O. The highest BCUT2D eigenvalue weighted by atomic mass is 32.2. The van der Waals surface area contributed by atoms with Crippen LogP contribution in [0.4, 0.5) is 0 Å². The fourth-order valence-corrected chi connectivity index (χ4v) is 3.01. The number of amides is 4. The minimum absolute atomic E-state index is 0.118. The molecule has 0 rings (SSSR count). The fourth-order valence-electron chi connectivity index (χ4n) is 2.54. The minimum atomic E-state index is -1.60. The van der Waals surface area contributed by atoms with Gasteiger partial charge in [0.25, 0.3) is 0 Å². The third kappa shape index (κ3) is 12.1. The second-order valence-corrected chi connectivity index (χ2v) is 8.16. The van der Waals surface area contributed by atoms with Gasteiger partial charge in [0.1, 0.15) is 18.1 Å². The van der Waals surface area contributed by atoms with E-state index in [9.17, 15) is 39.0 Å². The molecule has 0 aliphatic rings. The van der Waals surface area contributed by atoms with Crippen LogP contribution < -0.4 is 27.4 Å². The van der Waals surface area contributed by atoms with Gasteiger partial charge in [0.2, 0.25) is 23.6 Å². The molecule has 0 saturated carbocycles. The molecule has 0 spiro atoms. The maximum atomic E-state index is 12.7. The van der Waals surface area contributed by atoms with Crippen LogP contribution in [0.5, 0.6) is 0 Å². The molecule has 0 aliphatic heterocycles. The fraction of sp³-hybridized carbons (Fsp3) is 0.667. The molecule has 5 unspecified atom stereocenters. The van der Waals surface area contributed by atoms with Crippen molar-refractivity contribution in [1.29, 1.82) is 0 Å². The molecule has 15 heteroatoms. The predicted molar refractivity (Wildman–Crippen MR) is 117 cm³/mol. The molecule has 0 aromatic heterocycles. The third-order valence-electron chi connectivity index (χ3n) is 4.33. The summed E-state index contributed by atoms with van der Waals surface area (Å²) in [6.07, 6.45) is -0.985. The smallest absolute Gasteiger partial charge is 0.326 e. The number of carboxylic acids is 2. The maximum absolute atomic E-state index is 12.7. The van der Waals surface area contributed by atoms with Crippen LogP contribution in [0.3, 0.4) is 0 Å². The Hall–Kier alpha value is -2.91. The van der Waals surface area contributed by atoms with Crippen molar-refractivity contribution in [1.82, 2.24) is 16.0 Å². The maximum Gasteiger partial charge on any atom is 0.326 e. The third-order valence-corrected chi connectivity index (χ3v) is 4.97. The van der Waals surface area contributed by atoms with Gasteiger partial charge in [0.05, 0.1) is 18.6 Å². The number of carbonyl (C=O) groups excluding carboxylic acids is 4. The summed E-state index contributed by atoms with van der Waals surface area (Å²) in [6.45, 7) is 1.18. The summed E-state index contributed by atoms with van der Waals surface area (Å²) in [5.74, 6) is -5.90. The van der Waals surface area contributed by atoms with Crippen molar-refractivity contribution in [2.24, 2.45) is 11.5 Å². The number of aliphatic carboxylic acids is 2. The standard InChI is InChI=1S/C18H31N5O9S/c1-8(24)14(17(30)22-11(18(31)32)3-4-13(26)27)23-16(29)10(5-6-33-2)21-15(28)9(19)7-12(20)25/h8-11,14,24H,3-7,19H2,1-2H3,(H2,20,25)(H,21,28)(H,22,30)(H,23,29)(H,26,27)(H,31,32). The molecule has 4 amide bonds. The highest BCUT2D eigenvalue weighted by Gasteiger charge is 2.32. The molecule has 0 fully saturated rings. The molecular weight excluding hydrogens is 462 g/mol. The lowest BCUT2D eigenvalue weighted by Crippen LogP contribution is -2.60. The van der Waals surface area contributed by atoms with Crippen molar-refractivity contribution in [3.8, 4) is 0 Å². The number of hydrogen-bond donors (Lipinski definition) is 8. The molecule has 0 heterocycles. The number of aliphatic hydroxyl groups is 1. The highest BCUT2D eigenvalue weighted by molar-refractivity contribution is 7.98. The van der Waals surface area contributed by atoms with Crippen molar-refractivity contribution < 1.29 is 44.1 Å². The van der Waals surface area contributed by atoms with E-state index < -0.39 is 85.1 Å². The van der Waals surface area contributed by atoms with Gasteiger partial charge in [-0.3, -0.25) is 24.0 Å². The van der Waals surface area contributed by atoms with Crippen LogP contribution in [0, 0.1) is 0 Å². The van der Waals surface area contributed by atoms with Crippen LogP contribution in [0.2, 0.25) is 0 Å². The lowest BCUT2D eigenvalue weighted by Gasteiger charge is -2.26. The Labute approximate surface area is 194 Å². The van der Waals surface area contributed by atoms with E-state index in [0.717, 1.165) is 0 Å². The number of carbonyl (C=O) groups is 6. The van der Waals surface area contributed by atoms with Gasteiger partial charge >= 0.3 is 11.9 Å². The normalized spacial score (nSPS) is 15.3. The summed E-state index contributed by atoms with van der Waals surface area (Å²) < 4.78 is 0. The number of rotatable bonds is 16. The molecular formula is C18H31N5O9S. The monoisotopic (exact) mass is 493 g/mol. The molecule has 10 N–H and O–H groups in total. The Morgan fingerprint density at radius 3 is 1.94 bits per heavy atom. The zero-order valence-electron chi connectivity index (χ0n) is 18.3. The van der Waals surface area contributed by atoms with Crippen LogP contribution >= 0.6 is 11.8 Å². The Balaban J connectivity index is 5.39. The molecule has 0 bridgehead atoms. The number of carboxylic acid groups (broad SMARTS) is 2. The summed E-state index contributed by atoms with van der Waals surface area (Å²) in [5.41, 5.74) is 10.6. The van der Waals surface area contributed by atoms with Gasteiger partial charge in [-0.05, 0) is 31.8 Å². The Kier molecular flexibility index (Phi) is 13.7. The largest absolute Gasteiger partial charge is 0.481 e. The first-order valence-corrected chi connectivity index (χ1v) is 11.3. The lowest BCUT2D eigenvalue weighted by atomic mass is 10.1. The molecule has 188 valence electrons. The first kappa shape index (κ1) is 30.1. The van der Waals surface area contributed by atoms with Gasteiger partial charge in [0, 0.05) is 6.42 Å². The summed E-state index contributed by atoms with van der Waals surface area (Å²) >= 11 is 1.37. The molecule has 33 heavy (non-hydrogen) atoms. The molecule has 0 saturated heterocycles. The minimum Gasteiger partial charge on any atom is -0.481 e. The van der Waals surface area contributed by atoms with E-state index >= 15 is 0 Å². The van der Waals surface area contributed by atoms with Crippen molar-refractivity contribution in [2.45, 2.75) is 62.9 Å². The zero-order valence-corrected chi connectivity index (χ0v) is 19.1. The summed E-state index contributed by atoms with van der Waals surface area (Å²) in [7, 11) is 0. The number of aliphatic hydroxyl groups excluding tert-OH is 1. The highest BCUT2D eigenvalue weighted by Crippen LogP contribution is 2.05. The molecule has 14 nitrogen and oxygen atoms in total. The van der Waals surface area contributed by atoms with Crippen LogP contribution in [-0.2, 0) is 28.8 Å². The van der Waals surface area contributed by atoms with E-state index in [1.54, 1.807) is 6.26 Å². The summed E-state index contributed by atoms with van der Waals surface area (Å²) in [6, 6.07) is -5.64. The number of primary amides is 1. The van der Waals surface area contributed by atoms with Gasteiger partial charge in [-0.15, -0.1) is 0 Å². The average molecular weight is 494 g/mol. The van der Waals surface area contributed by atoms with E-state index in [-0.39, 0.29) is 6.42 Å². The van der Waals surface area contributed by atoms with E-state index in [2.05, 4.69) is 16.0 Å². The van der Waals surface area contributed by atoms with Crippen molar-refractivity contribution in [3.05, 3.63) is 0 Å². The van der Waals surface area contributed by atoms with Crippen molar-refractivity contribution in [2.75, 3.05) is 12.0 Å². The molecule has 5 atom stereocenters. The first-order valence-electron chi connectivity index (χ1n) is 9.86. The first-order chi connectivity index (χ1) is 15.3. The average Bonchev–Trinajstić information content (AvgIpc) is 2.70. The Morgan fingerprint density at radius 2 is 1.48 bits per heavy atom. The summed E-state index contributed by atoms with van der Waals surface area (Å²) in [4.78, 5) is 70.4. The van der Waals surface area contributed by atoms with Gasteiger partial charge in [-0.2, -0.15) is 11.8 Å². The van der Waals surface area contributed by atoms with Crippen molar-refractivity contribution in [3.63, 3.8) is 0 Å². The number of nitrogens with one attached hydrogen (secondary N) is 3. The number of nitrogens with two attached hydrogens (primary N) is 2. The van der Waals surface area contributed by atoms with Gasteiger partial charge in [-0.1, -0.05) is 0 Å². The van der Waals surface area contributed by atoms with E-state index in [1.807, 2.05) is 0 Å². The van der Waals surface area contributed by atoms with Crippen LogP contribution in [0.25, 0.3) is 0 Å². The second-order valence-electron chi connectivity index (χ2n) is 7.18. The quantitative estimate of drug-likeness (QED) is 0.106. The topological polar surface area (TPSA) is 251 Å². The summed E-state index contributed by atoms with van der Waals surface area (Å²) in [5, 5.41) is 34.5. The molecule has 0 radical (unpaired) electrons. The van der Waals surface area contributed by atoms with E-state index in [0.29, 0.717) is 5.75 Å². The Morgan fingerprint density at radius 1 is 0.909 bits per heavy atom. The molecule has 0 aliphatic carbocycles. The Bertz CT molecular complexity index is 734. The van der Waals surface area contributed by atoms with Crippen molar-refractivity contribution >= 4 is 47.3 Å². The van der Waals surface area contributed by atoms with Gasteiger partial charge in [-0.25, -0.2) is 4.79 Å². The van der Waals surface area contributed by atoms with Crippen LogP contribution in [0.1, 0.15) is 32.6 Å².